The lowest BCUT2D eigenvalue weighted by Crippen LogP contribution is -2.34. The second-order valence-corrected chi connectivity index (χ2v) is 7.53. The fourth-order valence-corrected chi connectivity index (χ4v) is 2.92. The molecule has 0 unspecified atom stereocenters. The number of hydrogen-bond acceptors (Lipinski definition) is 2. The van der Waals surface area contributed by atoms with Gasteiger partial charge in [0.05, 0.1) is 6.54 Å². The van der Waals surface area contributed by atoms with Crippen molar-refractivity contribution >= 4 is 5.90 Å². The van der Waals surface area contributed by atoms with Crippen LogP contribution >= 0.6 is 0 Å². The van der Waals surface area contributed by atoms with Gasteiger partial charge in [-0.1, -0.05) is 80.4 Å². The van der Waals surface area contributed by atoms with E-state index in [2.05, 4.69) is 83.1 Å². The SMILES string of the molecule is Cc1ccc(C2(c3ccc(C)cc3)CN=C(C(C)(C)C)O2)cc1. The van der Waals surface area contributed by atoms with Gasteiger partial charge in [0.25, 0.3) is 0 Å². The molecule has 2 heteroatoms. The van der Waals surface area contributed by atoms with E-state index in [1.165, 1.54) is 11.1 Å². The first kappa shape index (κ1) is 15.8. The van der Waals surface area contributed by atoms with Gasteiger partial charge < -0.3 is 4.74 Å². The molecule has 0 N–H and O–H groups in total. The summed E-state index contributed by atoms with van der Waals surface area (Å²) in [6.45, 7) is 11.3. The van der Waals surface area contributed by atoms with E-state index in [4.69, 9.17) is 9.73 Å². The Labute approximate surface area is 139 Å². The molecule has 120 valence electrons. The maximum absolute atomic E-state index is 6.52. The highest BCUT2D eigenvalue weighted by Crippen LogP contribution is 2.41. The summed E-state index contributed by atoms with van der Waals surface area (Å²) in [4.78, 5) is 4.75. The molecule has 0 aliphatic carbocycles. The molecule has 1 heterocycles. The molecule has 0 atom stereocenters. The summed E-state index contributed by atoms with van der Waals surface area (Å²) in [7, 11) is 0. The Morgan fingerprint density at radius 2 is 1.26 bits per heavy atom. The molecule has 23 heavy (non-hydrogen) atoms. The number of hydrogen-bond donors (Lipinski definition) is 0. The van der Waals surface area contributed by atoms with Crippen LogP contribution in [0, 0.1) is 19.3 Å². The molecule has 0 bridgehead atoms. The third-order valence-corrected chi connectivity index (χ3v) is 4.39. The Morgan fingerprint density at radius 3 is 1.61 bits per heavy atom. The molecule has 0 radical (unpaired) electrons. The second-order valence-electron chi connectivity index (χ2n) is 7.53. The topological polar surface area (TPSA) is 21.6 Å². The molecule has 2 aromatic carbocycles. The quantitative estimate of drug-likeness (QED) is 0.763. The summed E-state index contributed by atoms with van der Waals surface area (Å²) in [5.41, 5.74) is 4.23. The average Bonchev–Trinajstić information content (AvgIpc) is 2.95. The Balaban J connectivity index is 2.09. The zero-order valence-electron chi connectivity index (χ0n) is 14.7. The molecule has 0 saturated heterocycles. The second kappa shape index (κ2) is 5.52. The van der Waals surface area contributed by atoms with E-state index in [1.54, 1.807) is 0 Å². The third-order valence-electron chi connectivity index (χ3n) is 4.39. The van der Waals surface area contributed by atoms with Gasteiger partial charge in [-0.15, -0.1) is 0 Å². The van der Waals surface area contributed by atoms with Gasteiger partial charge in [-0.05, 0) is 13.8 Å². The van der Waals surface area contributed by atoms with Crippen LogP contribution in [0.1, 0.15) is 43.0 Å². The van der Waals surface area contributed by atoms with Crippen molar-refractivity contribution in [3.05, 3.63) is 70.8 Å². The Bertz CT molecular complexity index is 672. The van der Waals surface area contributed by atoms with Crippen LogP contribution in [0.4, 0.5) is 0 Å². The van der Waals surface area contributed by atoms with Gasteiger partial charge in [-0.25, -0.2) is 0 Å². The summed E-state index contributed by atoms with van der Waals surface area (Å²) in [6.07, 6.45) is 0. The first-order chi connectivity index (χ1) is 10.8. The van der Waals surface area contributed by atoms with Gasteiger partial charge in [0.1, 0.15) is 0 Å². The van der Waals surface area contributed by atoms with Crippen LogP contribution < -0.4 is 0 Å². The highest BCUT2D eigenvalue weighted by atomic mass is 16.5. The van der Waals surface area contributed by atoms with E-state index in [0.29, 0.717) is 6.54 Å². The van der Waals surface area contributed by atoms with Crippen molar-refractivity contribution in [3.63, 3.8) is 0 Å². The van der Waals surface area contributed by atoms with Crippen LogP contribution in [-0.4, -0.2) is 12.4 Å². The van der Waals surface area contributed by atoms with Crippen LogP contribution in [0.25, 0.3) is 0 Å². The van der Waals surface area contributed by atoms with Gasteiger partial charge in [0.15, 0.2) is 11.5 Å². The standard InChI is InChI=1S/C21H25NO/c1-15-6-10-17(11-7-15)21(18-12-8-16(2)9-13-18)14-22-19(23-21)20(3,4)5/h6-13H,14H2,1-5H3. The zero-order chi connectivity index (χ0) is 16.7. The van der Waals surface area contributed by atoms with Crippen molar-refractivity contribution in [1.29, 1.82) is 0 Å². The van der Waals surface area contributed by atoms with Crippen LogP contribution in [0.15, 0.2) is 53.5 Å². The lowest BCUT2D eigenvalue weighted by atomic mass is 9.85. The van der Waals surface area contributed by atoms with Crippen molar-refractivity contribution in [2.24, 2.45) is 10.4 Å². The van der Waals surface area contributed by atoms with Crippen molar-refractivity contribution in [2.45, 2.75) is 40.2 Å². The summed E-state index contributed by atoms with van der Waals surface area (Å²) < 4.78 is 6.52. The molecule has 0 saturated carbocycles. The number of benzene rings is 2. The molecule has 0 fully saturated rings. The van der Waals surface area contributed by atoms with Gasteiger partial charge in [0.2, 0.25) is 0 Å². The summed E-state index contributed by atoms with van der Waals surface area (Å²) in [5.74, 6) is 0.832. The minimum absolute atomic E-state index is 0.0862. The molecule has 1 aliphatic heterocycles. The molecule has 2 aromatic rings. The van der Waals surface area contributed by atoms with E-state index in [0.717, 1.165) is 17.0 Å². The zero-order valence-corrected chi connectivity index (χ0v) is 14.7. The number of rotatable bonds is 2. The monoisotopic (exact) mass is 307 g/mol. The maximum Gasteiger partial charge on any atom is 0.190 e. The number of aryl methyl sites for hydroxylation is 2. The van der Waals surface area contributed by atoms with Crippen LogP contribution in [0.2, 0.25) is 0 Å². The fraction of sp³-hybridized carbons (Fsp3) is 0.381. The number of aliphatic imine (C=N–C) groups is 1. The summed E-state index contributed by atoms with van der Waals surface area (Å²) >= 11 is 0. The minimum atomic E-state index is -0.510. The normalized spacial score (nSPS) is 16.8. The third kappa shape index (κ3) is 2.90. The van der Waals surface area contributed by atoms with E-state index in [9.17, 15) is 0 Å². The van der Waals surface area contributed by atoms with Crippen LogP contribution in [0.5, 0.6) is 0 Å². The molecule has 0 aromatic heterocycles. The molecular weight excluding hydrogens is 282 g/mol. The van der Waals surface area contributed by atoms with Crippen molar-refractivity contribution in [2.75, 3.05) is 6.54 Å². The van der Waals surface area contributed by atoms with Gasteiger partial charge in [0, 0.05) is 16.5 Å². The van der Waals surface area contributed by atoms with Gasteiger partial charge in [-0.2, -0.15) is 0 Å². The van der Waals surface area contributed by atoms with E-state index in [1.807, 2.05) is 0 Å². The molecule has 0 spiro atoms. The maximum atomic E-state index is 6.52. The van der Waals surface area contributed by atoms with Gasteiger partial charge in [-0.3, -0.25) is 4.99 Å². The smallest absolute Gasteiger partial charge is 0.190 e. The van der Waals surface area contributed by atoms with E-state index >= 15 is 0 Å². The van der Waals surface area contributed by atoms with E-state index < -0.39 is 5.60 Å². The highest BCUT2D eigenvalue weighted by molar-refractivity contribution is 5.84. The summed E-state index contributed by atoms with van der Waals surface area (Å²) in [6, 6.07) is 17.2. The predicted molar refractivity (Wildman–Crippen MR) is 96.0 cm³/mol. The van der Waals surface area contributed by atoms with Crippen molar-refractivity contribution in [1.82, 2.24) is 0 Å². The van der Waals surface area contributed by atoms with Gasteiger partial charge >= 0.3 is 0 Å². The summed E-state index contributed by atoms with van der Waals surface area (Å²) in [5, 5.41) is 0. The first-order valence-corrected chi connectivity index (χ1v) is 8.19. The average molecular weight is 307 g/mol. The largest absolute Gasteiger partial charge is 0.462 e. The Morgan fingerprint density at radius 1 is 0.826 bits per heavy atom. The molecule has 2 nitrogen and oxygen atoms in total. The van der Waals surface area contributed by atoms with Crippen molar-refractivity contribution < 1.29 is 4.74 Å². The fourth-order valence-electron chi connectivity index (χ4n) is 2.92. The van der Waals surface area contributed by atoms with Crippen LogP contribution in [-0.2, 0) is 10.3 Å². The molecule has 3 rings (SSSR count). The Hall–Kier alpha value is -2.09. The van der Waals surface area contributed by atoms with Crippen LogP contribution in [0.3, 0.4) is 0 Å². The van der Waals surface area contributed by atoms with E-state index in [-0.39, 0.29) is 5.41 Å². The lowest BCUT2D eigenvalue weighted by Gasteiger charge is -2.32. The minimum Gasteiger partial charge on any atom is -0.462 e. The first-order valence-electron chi connectivity index (χ1n) is 8.19. The van der Waals surface area contributed by atoms with Crippen molar-refractivity contribution in [3.8, 4) is 0 Å². The number of nitrogens with zero attached hydrogens (tertiary/aromatic N) is 1. The molecule has 0 amide bonds. The Kier molecular flexibility index (Phi) is 3.79. The number of ether oxygens (including phenoxy) is 1. The highest BCUT2D eigenvalue weighted by Gasteiger charge is 2.44. The molecule has 1 aliphatic rings. The lowest BCUT2D eigenvalue weighted by molar-refractivity contribution is 0.116. The molecular formula is C21H25NO. The predicted octanol–water partition coefficient (Wildman–Crippen LogP) is 5.02.